The van der Waals surface area contributed by atoms with Crippen molar-refractivity contribution >= 4 is 5.96 Å². The lowest BCUT2D eigenvalue weighted by Crippen LogP contribution is -2.36. The minimum absolute atomic E-state index is 0.253. The number of guanidine groups is 1. The molecule has 0 aliphatic heterocycles. The van der Waals surface area contributed by atoms with Crippen LogP contribution in [0.25, 0.3) is 0 Å². The van der Waals surface area contributed by atoms with Crippen LogP contribution in [0.2, 0.25) is 0 Å². The number of rotatable bonds is 7. The topological polar surface area (TPSA) is 64.1 Å². The zero-order valence-electron chi connectivity index (χ0n) is 15.4. The predicted molar refractivity (Wildman–Crippen MR) is 99.5 cm³/mol. The van der Waals surface area contributed by atoms with Crippen molar-refractivity contribution in [3.8, 4) is 17.2 Å². The average Bonchev–Trinajstić information content (AvgIpc) is 2.68. The zero-order valence-corrected chi connectivity index (χ0v) is 15.4. The molecule has 0 fully saturated rings. The molecule has 0 aliphatic rings. The Morgan fingerprint density at radius 3 is 2.12 bits per heavy atom. The molecule has 0 aliphatic carbocycles. The van der Waals surface area contributed by atoms with E-state index in [1.54, 1.807) is 40.5 Å². The van der Waals surface area contributed by atoms with Crippen molar-refractivity contribution in [1.82, 2.24) is 10.6 Å². The van der Waals surface area contributed by atoms with Gasteiger partial charge in [0.15, 0.2) is 17.5 Å². The van der Waals surface area contributed by atoms with Gasteiger partial charge >= 0.3 is 0 Å². The summed E-state index contributed by atoms with van der Waals surface area (Å²) >= 11 is 0. The van der Waals surface area contributed by atoms with E-state index in [0.717, 1.165) is 11.1 Å². The molecule has 0 atom stereocenters. The van der Waals surface area contributed by atoms with Gasteiger partial charge in [-0.1, -0.05) is 12.1 Å². The first-order valence-corrected chi connectivity index (χ1v) is 8.09. The molecule has 0 amide bonds. The van der Waals surface area contributed by atoms with Crippen LogP contribution >= 0.6 is 0 Å². The summed E-state index contributed by atoms with van der Waals surface area (Å²) in [6, 6.07) is 10.1. The maximum atomic E-state index is 13.0. The lowest BCUT2D eigenvalue weighted by molar-refractivity contribution is 0.322. The van der Waals surface area contributed by atoms with Crippen LogP contribution in [-0.2, 0) is 13.1 Å². The van der Waals surface area contributed by atoms with Crippen LogP contribution in [0.3, 0.4) is 0 Å². The molecule has 0 radical (unpaired) electrons. The third kappa shape index (κ3) is 4.78. The molecule has 6 nitrogen and oxygen atoms in total. The number of ether oxygens (including phenoxy) is 3. The quantitative estimate of drug-likeness (QED) is 0.586. The summed E-state index contributed by atoms with van der Waals surface area (Å²) in [5, 5.41) is 6.40. The van der Waals surface area contributed by atoms with Crippen LogP contribution < -0.4 is 24.8 Å². The smallest absolute Gasteiger partial charge is 0.203 e. The van der Waals surface area contributed by atoms with Gasteiger partial charge in [-0.25, -0.2) is 4.39 Å². The van der Waals surface area contributed by atoms with E-state index in [4.69, 9.17) is 14.2 Å². The van der Waals surface area contributed by atoms with Gasteiger partial charge in [-0.2, -0.15) is 0 Å². The van der Waals surface area contributed by atoms with Crippen molar-refractivity contribution in [2.45, 2.75) is 13.1 Å². The predicted octanol–water partition coefficient (Wildman–Crippen LogP) is 2.72. The summed E-state index contributed by atoms with van der Waals surface area (Å²) in [6.45, 7) is 1.01. The second kappa shape index (κ2) is 9.50. The van der Waals surface area contributed by atoms with Crippen LogP contribution in [-0.4, -0.2) is 34.3 Å². The van der Waals surface area contributed by atoms with E-state index in [1.807, 2.05) is 12.1 Å². The number of hydrogen-bond donors (Lipinski definition) is 2. The van der Waals surface area contributed by atoms with Gasteiger partial charge in [0.1, 0.15) is 5.82 Å². The standard InChI is InChI=1S/C19H24FN3O3/c1-21-19(22-11-13-5-8-15(20)9-6-13)23-12-14-7-10-16(24-2)18(26-4)17(14)25-3/h5-10H,11-12H2,1-4H3,(H2,21,22,23). The van der Waals surface area contributed by atoms with Crippen LogP contribution in [0.5, 0.6) is 17.2 Å². The van der Waals surface area contributed by atoms with Gasteiger partial charge in [0.05, 0.1) is 21.3 Å². The Kier molecular flexibility index (Phi) is 7.08. The largest absolute Gasteiger partial charge is 0.493 e. The number of halogens is 1. The van der Waals surface area contributed by atoms with Crippen molar-refractivity contribution in [2.75, 3.05) is 28.4 Å². The highest BCUT2D eigenvalue weighted by atomic mass is 19.1. The second-order valence-electron chi connectivity index (χ2n) is 5.40. The van der Waals surface area contributed by atoms with Crippen LogP contribution in [0.1, 0.15) is 11.1 Å². The van der Waals surface area contributed by atoms with Gasteiger partial charge in [0.25, 0.3) is 0 Å². The molecule has 0 aromatic heterocycles. The van der Waals surface area contributed by atoms with Gasteiger partial charge in [0, 0.05) is 25.7 Å². The van der Waals surface area contributed by atoms with Crippen molar-refractivity contribution in [2.24, 2.45) is 4.99 Å². The molecule has 0 spiro atoms. The van der Waals surface area contributed by atoms with Gasteiger partial charge in [-0.3, -0.25) is 4.99 Å². The number of methoxy groups -OCH3 is 3. The molecule has 26 heavy (non-hydrogen) atoms. The monoisotopic (exact) mass is 361 g/mol. The van der Waals surface area contributed by atoms with E-state index in [0.29, 0.717) is 36.3 Å². The van der Waals surface area contributed by atoms with Gasteiger partial charge < -0.3 is 24.8 Å². The van der Waals surface area contributed by atoms with Crippen LogP contribution in [0, 0.1) is 5.82 Å². The van der Waals surface area contributed by atoms with Gasteiger partial charge in [-0.15, -0.1) is 0 Å². The highest BCUT2D eigenvalue weighted by Crippen LogP contribution is 2.39. The molecular formula is C19H24FN3O3. The molecule has 0 unspecified atom stereocenters. The van der Waals surface area contributed by atoms with E-state index in [1.165, 1.54) is 12.1 Å². The first-order valence-electron chi connectivity index (χ1n) is 8.09. The van der Waals surface area contributed by atoms with E-state index in [2.05, 4.69) is 15.6 Å². The Bertz CT molecular complexity index is 748. The molecule has 2 aromatic carbocycles. The Morgan fingerprint density at radius 1 is 0.885 bits per heavy atom. The van der Waals surface area contributed by atoms with Crippen molar-refractivity contribution in [3.05, 3.63) is 53.3 Å². The first-order chi connectivity index (χ1) is 12.6. The molecule has 0 bridgehead atoms. The van der Waals surface area contributed by atoms with Crippen LogP contribution in [0.15, 0.2) is 41.4 Å². The molecule has 2 N–H and O–H groups in total. The summed E-state index contributed by atoms with van der Waals surface area (Å²) in [7, 11) is 6.42. The highest BCUT2D eigenvalue weighted by molar-refractivity contribution is 5.79. The molecule has 0 heterocycles. The minimum atomic E-state index is -0.253. The number of nitrogens with zero attached hydrogens (tertiary/aromatic N) is 1. The SMILES string of the molecule is CN=C(NCc1ccc(F)cc1)NCc1ccc(OC)c(OC)c1OC. The number of benzene rings is 2. The summed E-state index contributed by atoms with van der Waals surface area (Å²) in [5.74, 6) is 2.12. The normalized spacial score (nSPS) is 11.0. The first kappa shape index (κ1) is 19.4. The van der Waals surface area contributed by atoms with E-state index in [9.17, 15) is 4.39 Å². The van der Waals surface area contributed by atoms with Crippen molar-refractivity contribution < 1.29 is 18.6 Å². The Hall–Kier alpha value is -2.96. The van der Waals surface area contributed by atoms with E-state index in [-0.39, 0.29) is 5.82 Å². The van der Waals surface area contributed by atoms with E-state index < -0.39 is 0 Å². The summed E-state index contributed by atoms with van der Waals surface area (Å²) < 4.78 is 29.1. The fourth-order valence-corrected chi connectivity index (χ4v) is 2.49. The summed E-state index contributed by atoms with van der Waals surface area (Å²) in [5.41, 5.74) is 1.85. The molecule has 2 aromatic rings. The third-order valence-corrected chi connectivity index (χ3v) is 3.83. The average molecular weight is 361 g/mol. The lowest BCUT2D eigenvalue weighted by atomic mass is 10.1. The number of aliphatic imine (C=N–C) groups is 1. The fraction of sp³-hybridized carbons (Fsp3) is 0.316. The minimum Gasteiger partial charge on any atom is -0.493 e. The highest BCUT2D eigenvalue weighted by Gasteiger charge is 2.15. The van der Waals surface area contributed by atoms with Crippen molar-refractivity contribution in [1.29, 1.82) is 0 Å². The molecule has 2 rings (SSSR count). The molecule has 7 heteroatoms. The Labute approximate surface area is 153 Å². The maximum Gasteiger partial charge on any atom is 0.203 e. The Balaban J connectivity index is 2.02. The molecule has 0 saturated heterocycles. The number of nitrogens with one attached hydrogen (secondary N) is 2. The third-order valence-electron chi connectivity index (χ3n) is 3.83. The van der Waals surface area contributed by atoms with Gasteiger partial charge in [-0.05, 0) is 29.8 Å². The maximum absolute atomic E-state index is 13.0. The second-order valence-corrected chi connectivity index (χ2v) is 5.40. The summed E-state index contributed by atoms with van der Waals surface area (Å²) in [6.07, 6.45) is 0. The molecule has 140 valence electrons. The fourth-order valence-electron chi connectivity index (χ4n) is 2.49. The van der Waals surface area contributed by atoms with Crippen LogP contribution in [0.4, 0.5) is 4.39 Å². The molecule has 0 saturated carbocycles. The van der Waals surface area contributed by atoms with Gasteiger partial charge in [0.2, 0.25) is 5.75 Å². The summed E-state index contributed by atoms with van der Waals surface area (Å²) in [4.78, 5) is 4.19. The zero-order chi connectivity index (χ0) is 18.9. The Morgan fingerprint density at radius 2 is 1.54 bits per heavy atom. The molecular weight excluding hydrogens is 337 g/mol. The van der Waals surface area contributed by atoms with E-state index >= 15 is 0 Å². The lowest BCUT2D eigenvalue weighted by Gasteiger charge is -2.17. The van der Waals surface area contributed by atoms with Crippen molar-refractivity contribution in [3.63, 3.8) is 0 Å². The number of hydrogen-bond acceptors (Lipinski definition) is 4.